The third-order valence-electron chi connectivity index (χ3n) is 5.95. The van der Waals surface area contributed by atoms with E-state index in [1.165, 1.54) is 5.56 Å². The average Bonchev–Trinajstić information content (AvgIpc) is 3.11. The molecule has 158 valence electrons. The smallest absolute Gasteiger partial charge is 0.165 e. The molecule has 3 heterocycles. The second kappa shape index (κ2) is 8.33. The molecule has 5 rings (SSSR count). The zero-order valence-corrected chi connectivity index (χ0v) is 18.7. The molecule has 0 radical (unpaired) electrons. The van der Waals surface area contributed by atoms with Gasteiger partial charge in [0.25, 0.3) is 0 Å². The largest absolute Gasteiger partial charge is 0.354 e. The first-order valence-electron chi connectivity index (χ1n) is 10.7. The molecule has 2 aromatic carbocycles. The topological polar surface area (TPSA) is 36.7 Å². The number of hydrogen-bond acceptors (Lipinski definition) is 4. The van der Waals surface area contributed by atoms with Crippen LogP contribution in [0.2, 0.25) is 5.02 Å². The van der Waals surface area contributed by atoms with E-state index in [4.69, 9.17) is 21.7 Å². The molecule has 0 amide bonds. The fourth-order valence-electron chi connectivity index (χ4n) is 4.38. The van der Waals surface area contributed by atoms with Crippen LogP contribution in [0.3, 0.4) is 0 Å². The second-order valence-corrected chi connectivity index (χ2v) is 8.64. The summed E-state index contributed by atoms with van der Waals surface area (Å²) in [5.74, 6) is 1.12. The molecule has 0 aliphatic carbocycles. The number of halogens is 1. The number of nitrogens with zero attached hydrogens (tertiary/aromatic N) is 5. The zero-order valence-electron chi connectivity index (χ0n) is 17.9. The minimum atomic E-state index is 0.732. The summed E-state index contributed by atoms with van der Waals surface area (Å²) in [7, 11) is 0. The van der Waals surface area contributed by atoms with E-state index in [9.17, 15) is 0 Å². The monoisotopic (exact) mass is 431 g/mol. The van der Waals surface area contributed by atoms with Crippen molar-refractivity contribution in [1.29, 1.82) is 0 Å². The maximum absolute atomic E-state index is 6.10. The van der Waals surface area contributed by atoms with Crippen LogP contribution in [0, 0.1) is 13.8 Å². The van der Waals surface area contributed by atoms with Gasteiger partial charge in [0.1, 0.15) is 5.82 Å². The molecular formula is C25H26ClN5. The molecule has 31 heavy (non-hydrogen) atoms. The van der Waals surface area contributed by atoms with Crippen molar-refractivity contribution in [3.63, 3.8) is 0 Å². The molecule has 2 aromatic heterocycles. The van der Waals surface area contributed by atoms with E-state index in [2.05, 4.69) is 60.0 Å². The quantitative estimate of drug-likeness (QED) is 0.456. The number of piperazine rings is 1. The van der Waals surface area contributed by atoms with E-state index >= 15 is 0 Å². The number of rotatable bonds is 4. The highest BCUT2D eigenvalue weighted by molar-refractivity contribution is 6.30. The lowest BCUT2D eigenvalue weighted by atomic mass is 10.1. The number of anilines is 1. The molecule has 0 spiro atoms. The molecule has 6 heteroatoms. The van der Waals surface area contributed by atoms with Gasteiger partial charge in [0.15, 0.2) is 5.65 Å². The van der Waals surface area contributed by atoms with Crippen LogP contribution in [0.5, 0.6) is 0 Å². The molecule has 4 aromatic rings. The van der Waals surface area contributed by atoms with Gasteiger partial charge in [-0.05, 0) is 37.1 Å². The normalized spacial score (nSPS) is 15.0. The van der Waals surface area contributed by atoms with Gasteiger partial charge >= 0.3 is 0 Å². The highest BCUT2D eigenvalue weighted by Gasteiger charge is 2.22. The number of aryl methyl sites for hydroxylation is 2. The predicted octanol–water partition coefficient (Wildman–Crippen LogP) is 4.99. The lowest BCUT2D eigenvalue weighted by Crippen LogP contribution is -2.46. The summed E-state index contributed by atoms with van der Waals surface area (Å²) in [6.45, 7) is 9.12. The summed E-state index contributed by atoms with van der Waals surface area (Å²) >= 11 is 6.10. The molecular weight excluding hydrogens is 406 g/mol. The lowest BCUT2D eigenvalue weighted by Gasteiger charge is -2.36. The maximum Gasteiger partial charge on any atom is 0.165 e. The first kappa shape index (κ1) is 20.0. The Hall–Kier alpha value is -2.89. The van der Waals surface area contributed by atoms with Crippen LogP contribution in [0.1, 0.15) is 17.0 Å². The van der Waals surface area contributed by atoms with Gasteiger partial charge in [-0.25, -0.2) is 4.98 Å². The molecule has 1 aliphatic rings. The van der Waals surface area contributed by atoms with Crippen molar-refractivity contribution in [1.82, 2.24) is 19.5 Å². The Kier molecular flexibility index (Phi) is 5.38. The molecule has 5 nitrogen and oxygen atoms in total. The van der Waals surface area contributed by atoms with Gasteiger partial charge in [0.05, 0.1) is 5.69 Å². The fraction of sp³-hybridized carbons (Fsp3) is 0.280. The number of hydrogen-bond donors (Lipinski definition) is 0. The number of benzene rings is 2. The van der Waals surface area contributed by atoms with Gasteiger partial charge in [-0.15, -0.1) is 0 Å². The predicted molar refractivity (Wildman–Crippen MR) is 127 cm³/mol. The molecule has 0 saturated carbocycles. The van der Waals surface area contributed by atoms with E-state index < -0.39 is 0 Å². The van der Waals surface area contributed by atoms with Gasteiger partial charge in [0.2, 0.25) is 0 Å². The standard InChI is InChI=1S/C25H26ClN5/c1-18-16-23(30-14-12-29(13-15-30)17-20-6-4-3-5-7-20)31-25(27-18)24(19(2)28-31)21-8-10-22(26)11-9-21/h3-11,16H,12-15,17H2,1-2H3. The zero-order chi connectivity index (χ0) is 21.4. The van der Waals surface area contributed by atoms with Gasteiger partial charge in [-0.1, -0.05) is 54.1 Å². The summed E-state index contributed by atoms with van der Waals surface area (Å²) in [6, 6.07) is 20.8. The minimum Gasteiger partial charge on any atom is -0.354 e. The minimum absolute atomic E-state index is 0.732. The Labute approximate surface area is 187 Å². The average molecular weight is 432 g/mol. The first-order chi connectivity index (χ1) is 15.1. The van der Waals surface area contributed by atoms with E-state index in [0.29, 0.717) is 0 Å². The highest BCUT2D eigenvalue weighted by atomic mass is 35.5. The molecule has 0 unspecified atom stereocenters. The number of fused-ring (bicyclic) bond motifs is 1. The van der Waals surface area contributed by atoms with Gasteiger partial charge in [-0.2, -0.15) is 9.61 Å². The third kappa shape index (κ3) is 4.03. The summed E-state index contributed by atoms with van der Waals surface area (Å²) in [5, 5.41) is 5.61. The Morgan fingerprint density at radius 1 is 0.903 bits per heavy atom. The van der Waals surface area contributed by atoms with Crippen LogP contribution in [0.25, 0.3) is 16.8 Å². The molecule has 0 bridgehead atoms. The Morgan fingerprint density at radius 3 is 2.32 bits per heavy atom. The maximum atomic E-state index is 6.10. The van der Waals surface area contributed by atoms with Crippen molar-refractivity contribution in [2.75, 3.05) is 31.1 Å². The second-order valence-electron chi connectivity index (χ2n) is 8.21. The van der Waals surface area contributed by atoms with E-state index in [1.807, 2.05) is 28.8 Å². The van der Waals surface area contributed by atoms with Crippen molar-refractivity contribution in [3.05, 3.63) is 82.6 Å². The molecule has 1 saturated heterocycles. The van der Waals surface area contributed by atoms with Crippen molar-refractivity contribution in [2.45, 2.75) is 20.4 Å². The van der Waals surface area contributed by atoms with Crippen LogP contribution >= 0.6 is 11.6 Å². The van der Waals surface area contributed by atoms with Crippen LogP contribution < -0.4 is 4.90 Å². The van der Waals surface area contributed by atoms with Crippen molar-refractivity contribution >= 4 is 23.1 Å². The third-order valence-corrected chi connectivity index (χ3v) is 6.20. The molecule has 0 N–H and O–H groups in total. The fourth-order valence-corrected chi connectivity index (χ4v) is 4.51. The van der Waals surface area contributed by atoms with Crippen LogP contribution in [0.15, 0.2) is 60.7 Å². The summed E-state index contributed by atoms with van der Waals surface area (Å²) in [6.07, 6.45) is 0. The molecule has 0 atom stereocenters. The van der Waals surface area contributed by atoms with Crippen LogP contribution in [-0.2, 0) is 6.54 Å². The molecule has 1 aliphatic heterocycles. The number of aromatic nitrogens is 3. The summed E-state index contributed by atoms with van der Waals surface area (Å²) in [4.78, 5) is 9.80. The highest BCUT2D eigenvalue weighted by Crippen LogP contribution is 2.31. The van der Waals surface area contributed by atoms with E-state index in [1.54, 1.807) is 0 Å². The Bertz CT molecular complexity index is 1190. The SMILES string of the molecule is Cc1cc(N2CCN(Cc3ccccc3)CC2)n2nc(C)c(-c3ccc(Cl)cc3)c2n1. The van der Waals surface area contributed by atoms with Gasteiger partial charge in [0, 0.05) is 55.1 Å². The van der Waals surface area contributed by atoms with Crippen molar-refractivity contribution in [2.24, 2.45) is 0 Å². The first-order valence-corrected chi connectivity index (χ1v) is 11.1. The van der Waals surface area contributed by atoms with E-state index in [-0.39, 0.29) is 0 Å². The van der Waals surface area contributed by atoms with Crippen molar-refractivity contribution in [3.8, 4) is 11.1 Å². The van der Waals surface area contributed by atoms with Gasteiger partial charge < -0.3 is 4.90 Å². The molecule has 1 fully saturated rings. The summed E-state index contributed by atoms with van der Waals surface area (Å²) < 4.78 is 2.01. The van der Waals surface area contributed by atoms with Crippen LogP contribution in [0.4, 0.5) is 5.82 Å². The van der Waals surface area contributed by atoms with E-state index in [0.717, 1.165) is 71.7 Å². The lowest BCUT2D eigenvalue weighted by molar-refractivity contribution is 0.249. The summed E-state index contributed by atoms with van der Waals surface area (Å²) in [5.41, 5.74) is 6.42. The van der Waals surface area contributed by atoms with Crippen LogP contribution in [-0.4, -0.2) is 45.7 Å². The van der Waals surface area contributed by atoms with Gasteiger partial charge in [-0.3, -0.25) is 4.90 Å². The van der Waals surface area contributed by atoms with Crippen molar-refractivity contribution < 1.29 is 0 Å². The Morgan fingerprint density at radius 2 is 1.61 bits per heavy atom. The Balaban J connectivity index is 1.43.